The van der Waals surface area contributed by atoms with Crippen molar-refractivity contribution in [2.24, 2.45) is 5.41 Å². The molecule has 0 aromatic rings. The van der Waals surface area contributed by atoms with Crippen LogP contribution in [0.25, 0.3) is 0 Å². The highest BCUT2D eigenvalue weighted by molar-refractivity contribution is 14.1. The number of alkyl halides is 2. The Kier molecular flexibility index (Phi) is 2.16. The Morgan fingerprint density at radius 2 is 2.07 bits per heavy atom. The van der Waals surface area contributed by atoms with E-state index in [0.717, 1.165) is 19.4 Å². The summed E-state index contributed by atoms with van der Waals surface area (Å²) in [6.45, 7) is 2.16. The molecule has 1 aliphatic carbocycles. The number of fused-ring (bicyclic) bond motifs is 1. The smallest absolute Gasteiger partial charge is 0.255 e. The van der Waals surface area contributed by atoms with Crippen LogP contribution in [0.4, 0.5) is 8.78 Å². The Bertz CT molecular complexity index is 301. The van der Waals surface area contributed by atoms with Crippen molar-refractivity contribution in [1.29, 1.82) is 0 Å². The molecule has 15 heavy (non-hydrogen) atoms. The Labute approximate surface area is 102 Å². The normalized spacial score (nSPS) is 47.4. The van der Waals surface area contributed by atoms with Crippen molar-refractivity contribution in [2.45, 2.75) is 37.1 Å². The molecular formula is C10H14F2INO. The van der Waals surface area contributed by atoms with Crippen LogP contribution in [0.3, 0.4) is 0 Å². The maximum atomic E-state index is 13.3. The molecule has 2 aliphatic heterocycles. The SMILES string of the molecule is FC1(F)CC12CN1CCC[C@]1(COI)C2. The zero-order chi connectivity index (χ0) is 10.7. The maximum absolute atomic E-state index is 13.3. The van der Waals surface area contributed by atoms with Crippen molar-refractivity contribution >= 4 is 23.0 Å². The molecule has 86 valence electrons. The van der Waals surface area contributed by atoms with Crippen molar-refractivity contribution < 1.29 is 11.8 Å². The molecule has 2 atom stereocenters. The first-order chi connectivity index (χ1) is 7.04. The second-order valence-electron chi connectivity index (χ2n) is 5.34. The molecule has 2 saturated heterocycles. The second-order valence-corrected chi connectivity index (χ2v) is 5.96. The van der Waals surface area contributed by atoms with E-state index in [0.29, 0.717) is 19.6 Å². The summed E-state index contributed by atoms with van der Waals surface area (Å²) in [4.78, 5) is 2.24. The van der Waals surface area contributed by atoms with Gasteiger partial charge in [0.05, 0.1) is 12.0 Å². The van der Waals surface area contributed by atoms with Gasteiger partial charge in [0.1, 0.15) is 23.0 Å². The Hall–Kier alpha value is 0.510. The van der Waals surface area contributed by atoms with Gasteiger partial charge in [-0.1, -0.05) is 0 Å². The van der Waals surface area contributed by atoms with Gasteiger partial charge in [0.15, 0.2) is 0 Å². The third-order valence-electron chi connectivity index (χ3n) is 4.44. The molecule has 3 aliphatic rings. The molecule has 0 N–H and O–H groups in total. The zero-order valence-corrected chi connectivity index (χ0v) is 10.6. The first kappa shape index (κ1) is 10.7. The highest BCUT2D eigenvalue weighted by Gasteiger charge is 2.77. The summed E-state index contributed by atoms with van der Waals surface area (Å²) in [5, 5.41) is 0. The van der Waals surface area contributed by atoms with Crippen LogP contribution in [0.1, 0.15) is 25.7 Å². The predicted octanol–water partition coefficient (Wildman–Crippen LogP) is 2.62. The fourth-order valence-corrected chi connectivity index (χ4v) is 4.13. The van der Waals surface area contributed by atoms with Crippen LogP contribution in [0, 0.1) is 5.41 Å². The molecule has 3 fully saturated rings. The van der Waals surface area contributed by atoms with Crippen LogP contribution >= 0.6 is 23.0 Å². The van der Waals surface area contributed by atoms with Crippen molar-refractivity contribution in [2.75, 3.05) is 19.7 Å². The number of rotatable bonds is 2. The molecule has 1 spiro atoms. The zero-order valence-electron chi connectivity index (χ0n) is 8.44. The standard InChI is InChI=1S/C10H14F2INO/c11-10(12)5-8(10)4-9(7-15-13)2-1-3-14(9)6-8/h1-7H2/t8?,9-/m1/s1. The van der Waals surface area contributed by atoms with Gasteiger partial charge in [-0.05, 0) is 25.8 Å². The molecule has 0 amide bonds. The van der Waals surface area contributed by atoms with Crippen molar-refractivity contribution in [3.05, 3.63) is 0 Å². The summed E-state index contributed by atoms with van der Waals surface area (Å²) in [7, 11) is 0. The summed E-state index contributed by atoms with van der Waals surface area (Å²) in [5.41, 5.74) is -0.760. The fourth-order valence-electron chi connectivity index (χ4n) is 3.55. The van der Waals surface area contributed by atoms with Gasteiger partial charge in [-0.2, -0.15) is 0 Å². The molecule has 1 unspecified atom stereocenters. The summed E-state index contributed by atoms with van der Waals surface area (Å²) in [6.07, 6.45) is 2.88. The molecule has 2 nitrogen and oxygen atoms in total. The highest BCUT2D eigenvalue weighted by atomic mass is 127. The average molecular weight is 329 g/mol. The molecule has 3 rings (SSSR count). The lowest BCUT2D eigenvalue weighted by Crippen LogP contribution is -2.41. The van der Waals surface area contributed by atoms with Gasteiger partial charge < -0.3 is 3.07 Å². The molecule has 0 aromatic heterocycles. The number of hydrogen-bond acceptors (Lipinski definition) is 2. The largest absolute Gasteiger partial charge is 0.314 e. The lowest BCUT2D eigenvalue weighted by atomic mass is 9.89. The van der Waals surface area contributed by atoms with E-state index in [9.17, 15) is 8.78 Å². The van der Waals surface area contributed by atoms with E-state index >= 15 is 0 Å². The summed E-state index contributed by atoms with van der Waals surface area (Å²) < 4.78 is 31.9. The number of nitrogens with zero attached hydrogens (tertiary/aromatic N) is 1. The van der Waals surface area contributed by atoms with Crippen LogP contribution in [0.15, 0.2) is 0 Å². The van der Waals surface area contributed by atoms with Gasteiger partial charge in [-0.3, -0.25) is 4.90 Å². The molecule has 2 heterocycles. The third kappa shape index (κ3) is 1.32. The molecule has 0 aromatic carbocycles. The first-order valence-electron chi connectivity index (χ1n) is 5.40. The lowest BCUT2D eigenvalue weighted by Gasteiger charge is -2.30. The molecule has 1 saturated carbocycles. The topological polar surface area (TPSA) is 12.5 Å². The van der Waals surface area contributed by atoms with Gasteiger partial charge in [-0.15, -0.1) is 0 Å². The van der Waals surface area contributed by atoms with Gasteiger partial charge in [0.2, 0.25) is 0 Å². The van der Waals surface area contributed by atoms with E-state index in [1.54, 1.807) is 0 Å². The Morgan fingerprint density at radius 1 is 1.33 bits per heavy atom. The van der Waals surface area contributed by atoms with Crippen molar-refractivity contribution in [1.82, 2.24) is 4.90 Å². The minimum atomic E-state index is -2.41. The summed E-state index contributed by atoms with van der Waals surface area (Å²) >= 11 is 1.88. The van der Waals surface area contributed by atoms with Crippen LogP contribution in [-0.4, -0.2) is 36.1 Å². The molecule has 0 radical (unpaired) electrons. The summed E-state index contributed by atoms with van der Waals surface area (Å²) in [6, 6.07) is 0. The van der Waals surface area contributed by atoms with Crippen LogP contribution in [0.2, 0.25) is 0 Å². The number of hydrogen-bond donors (Lipinski definition) is 0. The fraction of sp³-hybridized carbons (Fsp3) is 1.00. The third-order valence-corrected chi connectivity index (χ3v) is 4.75. The van der Waals surface area contributed by atoms with Crippen LogP contribution in [-0.2, 0) is 3.07 Å². The van der Waals surface area contributed by atoms with Gasteiger partial charge >= 0.3 is 0 Å². The van der Waals surface area contributed by atoms with E-state index in [-0.39, 0.29) is 12.0 Å². The monoisotopic (exact) mass is 329 g/mol. The molecule has 0 bridgehead atoms. The van der Waals surface area contributed by atoms with E-state index in [1.165, 1.54) is 0 Å². The Morgan fingerprint density at radius 3 is 2.67 bits per heavy atom. The van der Waals surface area contributed by atoms with Crippen LogP contribution in [0.5, 0.6) is 0 Å². The minimum Gasteiger partial charge on any atom is -0.314 e. The molecule has 5 heteroatoms. The van der Waals surface area contributed by atoms with Crippen molar-refractivity contribution in [3.63, 3.8) is 0 Å². The van der Waals surface area contributed by atoms with Gasteiger partial charge in [0, 0.05) is 18.5 Å². The highest BCUT2D eigenvalue weighted by Crippen LogP contribution is 2.69. The van der Waals surface area contributed by atoms with Gasteiger partial charge in [-0.25, -0.2) is 8.78 Å². The van der Waals surface area contributed by atoms with Gasteiger partial charge in [0.25, 0.3) is 5.92 Å². The minimum absolute atomic E-state index is 0.0683. The average Bonchev–Trinajstić information content (AvgIpc) is 2.43. The first-order valence-corrected chi connectivity index (χ1v) is 6.28. The quantitative estimate of drug-likeness (QED) is 0.722. The van der Waals surface area contributed by atoms with E-state index in [2.05, 4.69) is 4.90 Å². The van der Waals surface area contributed by atoms with E-state index < -0.39 is 11.3 Å². The molecular weight excluding hydrogens is 315 g/mol. The predicted molar refractivity (Wildman–Crippen MR) is 60.1 cm³/mol. The second kappa shape index (κ2) is 3.04. The van der Waals surface area contributed by atoms with E-state index in [4.69, 9.17) is 3.07 Å². The lowest BCUT2D eigenvalue weighted by molar-refractivity contribution is 0.0653. The summed E-state index contributed by atoms with van der Waals surface area (Å²) in [5.74, 6) is -2.41. The maximum Gasteiger partial charge on any atom is 0.255 e. The number of halogens is 3. The van der Waals surface area contributed by atoms with Crippen molar-refractivity contribution in [3.8, 4) is 0 Å². The Balaban J connectivity index is 1.83. The van der Waals surface area contributed by atoms with E-state index in [1.807, 2.05) is 23.0 Å². The van der Waals surface area contributed by atoms with Crippen LogP contribution < -0.4 is 0 Å².